The molecule has 0 aromatic rings. The molecule has 6 nitrogen and oxygen atoms in total. The van der Waals surface area contributed by atoms with Gasteiger partial charge in [-0.1, -0.05) is 79.0 Å². The summed E-state index contributed by atoms with van der Waals surface area (Å²) in [5.74, 6) is 0. The Labute approximate surface area is 207 Å². The van der Waals surface area contributed by atoms with E-state index in [9.17, 15) is 79.0 Å². The van der Waals surface area contributed by atoms with Crippen molar-refractivity contribution in [3.05, 3.63) is 68.5 Å². The van der Waals surface area contributed by atoms with Gasteiger partial charge in [-0.3, -0.25) is 0 Å². The topological polar surface area (TPSA) is 26.2 Å². The standard InChI is InChI=1S/6C2F3N.Mo/c6*1-6-2(3,4)5;. The van der Waals surface area contributed by atoms with Crippen molar-refractivity contribution in [2.24, 2.45) is 0 Å². The van der Waals surface area contributed by atoms with E-state index < -0.39 is 37.8 Å². The summed E-state index contributed by atoms with van der Waals surface area (Å²) in [6, 6.07) is 0. The van der Waals surface area contributed by atoms with Crippen molar-refractivity contribution in [3.8, 4) is 0 Å². The van der Waals surface area contributed by atoms with E-state index in [1.54, 1.807) is 0 Å². The number of hydrogen-bond donors (Lipinski definition) is 0. The molecule has 0 saturated heterocycles. The monoisotopic (exact) mass is 668 g/mol. The molecule has 0 heterocycles. The minimum atomic E-state index is -4.67. The van der Waals surface area contributed by atoms with Gasteiger partial charge in [0.2, 0.25) is 0 Å². The van der Waals surface area contributed by atoms with E-state index in [0.717, 1.165) is 0 Å². The van der Waals surface area contributed by atoms with Crippen LogP contribution in [0.3, 0.4) is 0 Å². The van der Waals surface area contributed by atoms with Gasteiger partial charge in [0.05, 0.1) is 0 Å². The molecule has 0 unspecified atom stereocenters. The quantitative estimate of drug-likeness (QED) is 0.107. The molecule has 0 aromatic carbocycles. The molecular formula is C12F18MoN6. The van der Waals surface area contributed by atoms with E-state index in [4.69, 9.17) is 39.4 Å². The van der Waals surface area contributed by atoms with Crippen molar-refractivity contribution in [1.29, 1.82) is 0 Å². The van der Waals surface area contributed by atoms with Gasteiger partial charge < -0.3 is 0 Å². The van der Waals surface area contributed by atoms with Crippen LogP contribution in [0.5, 0.6) is 0 Å². The summed E-state index contributed by atoms with van der Waals surface area (Å²) >= 11 is 0. The van der Waals surface area contributed by atoms with E-state index >= 15 is 0 Å². The third-order valence-electron chi connectivity index (χ3n) is 0.761. The summed E-state index contributed by atoms with van der Waals surface area (Å²) in [6.07, 6.45) is -28.0. The van der Waals surface area contributed by atoms with Crippen LogP contribution in [0.25, 0.3) is 29.1 Å². The van der Waals surface area contributed by atoms with Crippen LogP contribution in [-0.2, 0) is 21.1 Å². The maximum atomic E-state index is 10.4. The Balaban J connectivity index is -0.0000000581. The summed E-state index contributed by atoms with van der Waals surface area (Å²) in [4.78, 5) is 7.62. The molecule has 0 aromatic heterocycles. The molecule has 0 amide bonds. The van der Waals surface area contributed by atoms with Gasteiger partial charge in [-0.2, -0.15) is 0 Å². The Hall–Kier alpha value is -3.63. The molecule has 0 atom stereocenters. The maximum Gasteiger partial charge on any atom is 0.711 e. The fraction of sp³-hybridized carbons (Fsp3) is 0.500. The second-order valence-electron chi connectivity index (χ2n) is 3.48. The largest absolute Gasteiger partial charge is 0.711 e. The van der Waals surface area contributed by atoms with Crippen molar-refractivity contribution in [2.75, 3.05) is 0 Å². The van der Waals surface area contributed by atoms with Crippen LogP contribution in [-0.4, -0.2) is 37.8 Å². The SMILES string of the molecule is [C-]#[N+]C(F)(F)F.[C-]#[N+]C(F)(F)F.[C-]#[N+]C(F)(F)F.[C-]#[N+]C(F)(F)F.[C-]#[N+]C(F)(F)F.[C-]#[N+]C(F)(F)F.[Mo]. The van der Waals surface area contributed by atoms with E-state index in [-0.39, 0.29) is 21.1 Å². The van der Waals surface area contributed by atoms with Crippen LogP contribution in [0.4, 0.5) is 79.0 Å². The first-order chi connectivity index (χ1) is 15.4. The second kappa shape index (κ2) is 21.6. The van der Waals surface area contributed by atoms with E-state index in [2.05, 4.69) is 0 Å². The van der Waals surface area contributed by atoms with Crippen LogP contribution in [0.2, 0.25) is 0 Å². The van der Waals surface area contributed by atoms with Gasteiger partial charge >= 0.3 is 37.8 Å². The second-order valence-corrected chi connectivity index (χ2v) is 3.48. The molecule has 0 spiro atoms. The molecule has 0 N–H and O–H groups in total. The first-order valence-electron chi connectivity index (χ1n) is 6.08. The minimum Gasteiger partial charge on any atom is -0.223 e. The Morgan fingerprint density at radius 2 is 0.270 bits per heavy atom. The van der Waals surface area contributed by atoms with Crippen molar-refractivity contribution in [2.45, 2.75) is 37.8 Å². The van der Waals surface area contributed by atoms with Crippen LogP contribution < -0.4 is 0 Å². The van der Waals surface area contributed by atoms with Crippen molar-refractivity contribution < 1.29 is 100 Å². The Kier molecular flexibility index (Phi) is 29.4. The van der Waals surface area contributed by atoms with Gasteiger partial charge in [0.25, 0.3) is 0 Å². The number of nitrogens with zero attached hydrogens (tertiary/aromatic N) is 6. The van der Waals surface area contributed by atoms with Crippen molar-refractivity contribution >= 4 is 0 Å². The summed E-state index contributed by atoms with van der Waals surface area (Å²) in [5.41, 5.74) is 0. The van der Waals surface area contributed by atoms with Crippen molar-refractivity contribution in [1.82, 2.24) is 0 Å². The average Bonchev–Trinajstić information content (AvgIpc) is 2.67. The number of alkyl halides is 18. The average molecular weight is 666 g/mol. The van der Waals surface area contributed by atoms with Gasteiger partial charge in [0.15, 0.2) is 0 Å². The normalized spacial score (nSPS) is 10.1. The third-order valence-corrected chi connectivity index (χ3v) is 0.761. The predicted octanol–water partition coefficient (Wildman–Crippen LogP) is 8.55. The number of halogens is 18. The molecule has 25 heteroatoms. The zero-order valence-corrected chi connectivity index (χ0v) is 17.9. The summed E-state index contributed by atoms with van der Waals surface area (Å²) in [5, 5.41) is 0. The Morgan fingerprint density at radius 3 is 0.270 bits per heavy atom. The van der Waals surface area contributed by atoms with Gasteiger partial charge in [-0.15, -0.1) is 0 Å². The third kappa shape index (κ3) is 145. The zero-order valence-electron chi connectivity index (χ0n) is 15.9. The molecule has 0 aliphatic rings. The first kappa shape index (κ1) is 50.3. The van der Waals surface area contributed by atoms with Crippen LogP contribution >= 0.6 is 0 Å². The molecule has 0 bridgehead atoms. The van der Waals surface area contributed by atoms with Gasteiger partial charge in [-0.05, 0) is 0 Å². The minimum absolute atomic E-state index is 0. The molecule has 0 saturated carbocycles. The molecule has 0 aliphatic carbocycles. The van der Waals surface area contributed by atoms with Crippen LogP contribution in [0.1, 0.15) is 0 Å². The number of rotatable bonds is 0. The fourth-order valence-electron chi connectivity index (χ4n) is 0. The Bertz CT molecular complexity index is 647. The first-order valence-corrected chi connectivity index (χ1v) is 6.08. The molecule has 0 fully saturated rings. The van der Waals surface area contributed by atoms with Crippen molar-refractivity contribution in [3.63, 3.8) is 0 Å². The zero-order chi connectivity index (χ0) is 31.2. The van der Waals surface area contributed by atoms with Gasteiger partial charge in [0, 0.05) is 21.1 Å². The van der Waals surface area contributed by atoms with E-state index in [1.165, 1.54) is 29.1 Å². The van der Waals surface area contributed by atoms with Crippen LogP contribution in [0.15, 0.2) is 0 Å². The van der Waals surface area contributed by atoms with Crippen LogP contribution in [0, 0.1) is 39.4 Å². The summed E-state index contributed by atoms with van der Waals surface area (Å²) in [6.45, 7) is 32.1. The fourth-order valence-corrected chi connectivity index (χ4v) is 0. The smallest absolute Gasteiger partial charge is 0.223 e. The maximum absolute atomic E-state index is 10.4. The molecular weight excluding hydrogens is 666 g/mol. The Morgan fingerprint density at radius 1 is 0.243 bits per heavy atom. The molecule has 0 rings (SSSR count). The van der Waals surface area contributed by atoms with E-state index in [0.29, 0.717) is 0 Å². The predicted molar refractivity (Wildman–Crippen MR) is 75.9 cm³/mol. The van der Waals surface area contributed by atoms with Gasteiger partial charge in [0.1, 0.15) is 0 Å². The molecule has 0 radical (unpaired) electrons. The molecule has 37 heavy (non-hydrogen) atoms. The van der Waals surface area contributed by atoms with Gasteiger partial charge in [-0.25, -0.2) is 68.5 Å². The molecule has 0 aliphatic heterocycles. The number of hydrogen-bond acceptors (Lipinski definition) is 0. The summed E-state index contributed by atoms with van der Waals surface area (Å²) < 4.78 is 188. The molecule has 210 valence electrons. The summed E-state index contributed by atoms with van der Waals surface area (Å²) in [7, 11) is 0. The van der Waals surface area contributed by atoms with E-state index in [1.807, 2.05) is 0 Å².